The molecule has 0 aliphatic carbocycles. The van der Waals surface area contributed by atoms with Crippen molar-refractivity contribution in [2.75, 3.05) is 13.0 Å². The number of ether oxygens (including phenoxy) is 1. The average Bonchev–Trinajstić information content (AvgIpc) is 1.83. The fourth-order valence-electron chi connectivity index (χ4n) is 0.158. The fourth-order valence-corrected chi connectivity index (χ4v) is 0.494. The van der Waals surface area contributed by atoms with E-state index in [1.54, 1.807) is 0 Å². The SMILES string of the molecule is COC(=O)NCSCl. The minimum atomic E-state index is -0.460. The average molecular weight is 156 g/mol. The third-order valence-corrected chi connectivity index (χ3v) is 1.04. The van der Waals surface area contributed by atoms with E-state index in [1.807, 2.05) is 0 Å². The summed E-state index contributed by atoms with van der Waals surface area (Å²) in [4.78, 5) is 10.2. The van der Waals surface area contributed by atoms with Crippen LogP contribution in [-0.2, 0) is 4.74 Å². The van der Waals surface area contributed by atoms with Crippen molar-refractivity contribution in [3.63, 3.8) is 0 Å². The van der Waals surface area contributed by atoms with Crippen molar-refractivity contribution in [3.05, 3.63) is 0 Å². The molecule has 0 bridgehead atoms. The third-order valence-electron chi connectivity index (χ3n) is 0.456. The molecule has 1 N–H and O–H groups in total. The molecule has 0 aromatic heterocycles. The summed E-state index contributed by atoms with van der Waals surface area (Å²) in [5.41, 5.74) is 0. The highest BCUT2D eigenvalue weighted by atomic mass is 35.7. The second-order valence-corrected chi connectivity index (χ2v) is 2.08. The largest absolute Gasteiger partial charge is 0.453 e. The number of alkyl carbamates (subject to hydrolysis) is 1. The van der Waals surface area contributed by atoms with Crippen molar-refractivity contribution in [2.24, 2.45) is 0 Å². The first-order valence-electron chi connectivity index (χ1n) is 1.86. The van der Waals surface area contributed by atoms with Gasteiger partial charge in [-0.1, -0.05) is 0 Å². The lowest BCUT2D eigenvalue weighted by Gasteiger charge is -1.96. The Bertz CT molecular complexity index is 79.7. The summed E-state index contributed by atoms with van der Waals surface area (Å²) in [5.74, 6) is 0.369. The number of carbonyl (C=O) groups is 1. The van der Waals surface area contributed by atoms with Crippen molar-refractivity contribution in [1.82, 2.24) is 5.32 Å². The van der Waals surface area contributed by atoms with Crippen LogP contribution in [0.3, 0.4) is 0 Å². The Morgan fingerprint density at radius 3 is 3.00 bits per heavy atom. The van der Waals surface area contributed by atoms with Crippen LogP contribution in [0.2, 0.25) is 0 Å². The number of carbonyl (C=O) groups excluding carboxylic acids is 1. The van der Waals surface area contributed by atoms with Crippen LogP contribution in [0.1, 0.15) is 0 Å². The van der Waals surface area contributed by atoms with Crippen molar-refractivity contribution in [2.45, 2.75) is 0 Å². The highest BCUT2D eigenvalue weighted by Crippen LogP contribution is 2.00. The zero-order valence-electron chi connectivity index (χ0n) is 4.31. The van der Waals surface area contributed by atoms with E-state index in [2.05, 4.69) is 10.1 Å². The van der Waals surface area contributed by atoms with Gasteiger partial charge in [0.2, 0.25) is 0 Å². The van der Waals surface area contributed by atoms with Gasteiger partial charge in [0.1, 0.15) is 0 Å². The molecule has 0 unspecified atom stereocenters. The summed E-state index contributed by atoms with van der Waals surface area (Å²) >= 11 is 0. The predicted molar refractivity (Wildman–Crippen MR) is 33.9 cm³/mol. The minimum absolute atomic E-state index is 0.369. The zero-order chi connectivity index (χ0) is 6.41. The van der Waals surface area contributed by atoms with Crippen molar-refractivity contribution < 1.29 is 9.53 Å². The van der Waals surface area contributed by atoms with E-state index in [1.165, 1.54) is 7.11 Å². The van der Waals surface area contributed by atoms with E-state index in [4.69, 9.17) is 10.7 Å². The molecule has 3 nitrogen and oxygen atoms in total. The van der Waals surface area contributed by atoms with Gasteiger partial charge in [0.25, 0.3) is 0 Å². The van der Waals surface area contributed by atoms with Crippen LogP contribution in [0.4, 0.5) is 4.79 Å². The van der Waals surface area contributed by atoms with Gasteiger partial charge in [0.05, 0.1) is 13.0 Å². The van der Waals surface area contributed by atoms with Gasteiger partial charge >= 0.3 is 6.09 Å². The van der Waals surface area contributed by atoms with Crippen molar-refractivity contribution >= 4 is 27.8 Å². The maximum absolute atomic E-state index is 10.2. The van der Waals surface area contributed by atoms with Crippen LogP contribution in [0, 0.1) is 0 Å². The van der Waals surface area contributed by atoms with Crippen LogP contribution in [-0.4, -0.2) is 19.1 Å². The number of hydrogen-bond acceptors (Lipinski definition) is 3. The van der Waals surface area contributed by atoms with Crippen LogP contribution in [0.5, 0.6) is 0 Å². The molecule has 0 spiro atoms. The second kappa shape index (κ2) is 5.05. The number of halogens is 1. The van der Waals surface area contributed by atoms with E-state index in [-0.39, 0.29) is 0 Å². The molecule has 0 radical (unpaired) electrons. The monoisotopic (exact) mass is 155 g/mol. The molecule has 0 aromatic rings. The summed E-state index contributed by atoms with van der Waals surface area (Å²) in [5, 5.41) is 2.35. The second-order valence-electron chi connectivity index (χ2n) is 0.922. The quantitative estimate of drug-likeness (QED) is 0.609. The van der Waals surface area contributed by atoms with Gasteiger partial charge in [0.15, 0.2) is 0 Å². The normalized spacial score (nSPS) is 8.25. The van der Waals surface area contributed by atoms with Crippen LogP contribution in [0.15, 0.2) is 0 Å². The highest BCUT2D eigenvalue weighted by Gasteiger charge is 1.92. The van der Waals surface area contributed by atoms with E-state index in [9.17, 15) is 4.79 Å². The first-order valence-corrected chi connectivity index (χ1v) is 3.67. The topological polar surface area (TPSA) is 38.3 Å². The maximum Gasteiger partial charge on any atom is 0.407 e. The summed E-state index contributed by atoms with van der Waals surface area (Å²) in [6.45, 7) is 0. The molecule has 0 heterocycles. The number of nitrogens with one attached hydrogen (secondary N) is 1. The third kappa shape index (κ3) is 4.08. The molecule has 0 saturated heterocycles. The van der Waals surface area contributed by atoms with Crippen LogP contribution >= 0.6 is 21.7 Å². The molecule has 0 fully saturated rings. The Morgan fingerprint density at radius 1 is 2.00 bits per heavy atom. The first kappa shape index (κ1) is 7.91. The number of hydrogen-bond donors (Lipinski definition) is 1. The van der Waals surface area contributed by atoms with Gasteiger partial charge in [0, 0.05) is 0 Å². The molecule has 0 atom stereocenters. The van der Waals surface area contributed by atoms with Gasteiger partial charge in [-0.05, 0) is 21.7 Å². The Kier molecular flexibility index (Phi) is 5.00. The van der Waals surface area contributed by atoms with Crippen LogP contribution < -0.4 is 5.32 Å². The fraction of sp³-hybridized carbons (Fsp3) is 0.667. The molecule has 0 aliphatic rings. The Hall–Kier alpha value is -0.0900. The standard InChI is InChI=1S/C3H6ClNO2S/c1-7-3(6)5-2-8-4/h2H2,1H3,(H,5,6). The lowest BCUT2D eigenvalue weighted by molar-refractivity contribution is 0.173. The molecule has 0 saturated carbocycles. The molecule has 0 aliphatic heterocycles. The van der Waals surface area contributed by atoms with E-state index in [0.29, 0.717) is 5.88 Å². The number of rotatable bonds is 2. The van der Waals surface area contributed by atoms with Crippen molar-refractivity contribution in [3.8, 4) is 0 Å². The van der Waals surface area contributed by atoms with E-state index >= 15 is 0 Å². The minimum Gasteiger partial charge on any atom is -0.453 e. The number of amides is 1. The van der Waals surface area contributed by atoms with Gasteiger partial charge < -0.3 is 10.1 Å². The lowest BCUT2D eigenvalue weighted by Crippen LogP contribution is -2.21. The Morgan fingerprint density at radius 2 is 2.62 bits per heavy atom. The molecule has 48 valence electrons. The van der Waals surface area contributed by atoms with Gasteiger partial charge in [-0.3, -0.25) is 0 Å². The molecular formula is C3H6ClNO2S. The zero-order valence-corrected chi connectivity index (χ0v) is 5.88. The van der Waals surface area contributed by atoms with E-state index < -0.39 is 6.09 Å². The van der Waals surface area contributed by atoms with Gasteiger partial charge in [-0.2, -0.15) is 0 Å². The first-order chi connectivity index (χ1) is 3.81. The smallest absolute Gasteiger partial charge is 0.407 e. The number of methoxy groups -OCH3 is 1. The van der Waals surface area contributed by atoms with E-state index in [0.717, 1.165) is 11.0 Å². The molecule has 1 amide bonds. The lowest BCUT2D eigenvalue weighted by atomic mass is 11.1. The predicted octanol–water partition coefficient (Wildman–Crippen LogP) is 1.19. The van der Waals surface area contributed by atoms with Crippen molar-refractivity contribution in [1.29, 1.82) is 0 Å². The summed E-state index contributed by atoms with van der Waals surface area (Å²) in [7, 11) is 7.45. The maximum atomic E-state index is 10.2. The molecule has 0 rings (SSSR count). The summed E-state index contributed by atoms with van der Waals surface area (Å²) in [6.07, 6.45) is -0.460. The molecular weight excluding hydrogens is 150 g/mol. The highest BCUT2D eigenvalue weighted by molar-refractivity contribution is 8.21. The Labute approximate surface area is 56.2 Å². The van der Waals surface area contributed by atoms with Crippen LogP contribution in [0.25, 0.3) is 0 Å². The summed E-state index contributed by atoms with van der Waals surface area (Å²) in [6, 6.07) is 0. The Balaban J connectivity index is 2.99. The molecule has 8 heavy (non-hydrogen) atoms. The van der Waals surface area contributed by atoms with Gasteiger partial charge in [-0.25, -0.2) is 4.79 Å². The molecule has 5 heteroatoms. The van der Waals surface area contributed by atoms with Gasteiger partial charge in [-0.15, -0.1) is 0 Å². The summed E-state index contributed by atoms with van der Waals surface area (Å²) < 4.78 is 4.23. The molecule has 0 aromatic carbocycles.